The molecule has 1 fully saturated rings. The molecule has 8 heteroatoms. The average molecular weight is 394 g/mol. The number of carbonyl (C=O) groups excluding carboxylic acids is 2. The second kappa shape index (κ2) is 8.30. The SMILES string of the molecule is Cc1cc(NC(=O)C2CCN(C(=O)Cc3coc(-c4ccccc4)n3)CC2)no1. The number of carbonyl (C=O) groups is 2. The van der Waals surface area contributed by atoms with Gasteiger partial charge in [-0.1, -0.05) is 23.4 Å². The molecule has 0 radical (unpaired) electrons. The summed E-state index contributed by atoms with van der Waals surface area (Å²) in [4.78, 5) is 31.2. The highest BCUT2D eigenvalue weighted by Gasteiger charge is 2.28. The van der Waals surface area contributed by atoms with E-state index in [9.17, 15) is 9.59 Å². The Morgan fingerprint density at radius 2 is 1.97 bits per heavy atom. The third kappa shape index (κ3) is 4.53. The van der Waals surface area contributed by atoms with E-state index < -0.39 is 0 Å². The number of benzene rings is 1. The first-order valence-corrected chi connectivity index (χ1v) is 9.60. The summed E-state index contributed by atoms with van der Waals surface area (Å²) in [5.41, 5.74) is 1.48. The van der Waals surface area contributed by atoms with E-state index in [1.807, 2.05) is 30.3 Å². The summed E-state index contributed by atoms with van der Waals surface area (Å²) in [6.07, 6.45) is 2.94. The van der Waals surface area contributed by atoms with Crippen LogP contribution in [-0.4, -0.2) is 39.9 Å². The van der Waals surface area contributed by atoms with Crippen LogP contribution < -0.4 is 5.32 Å². The van der Waals surface area contributed by atoms with Gasteiger partial charge < -0.3 is 19.2 Å². The van der Waals surface area contributed by atoms with Crippen molar-refractivity contribution in [3.8, 4) is 11.5 Å². The lowest BCUT2D eigenvalue weighted by molar-refractivity contribution is -0.133. The number of nitrogens with zero attached hydrogens (tertiary/aromatic N) is 3. The van der Waals surface area contributed by atoms with E-state index in [1.165, 1.54) is 6.26 Å². The second-order valence-electron chi connectivity index (χ2n) is 7.15. The minimum absolute atomic E-state index is 0.0103. The number of hydrogen-bond donors (Lipinski definition) is 1. The zero-order valence-corrected chi connectivity index (χ0v) is 16.1. The minimum atomic E-state index is -0.146. The van der Waals surface area contributed by atoms with Crippen molar-refractivity contribution in [1.82, 2.24) is 15.0 Å². The Morgan fingerprint density at radius 3 is 2.66 bits per heavy atom. The van der Waals surface area contributed by atoms with Crippen LogP contribution in [0.3, 0.4) is 0 Å². The molecule has 0 spiro atoms. The van der Waals surface area contributed by atoms with E-state index in [4.69, 9.17) is 8.94 Å². The van der Waals surface area contributed by atoms with Crippen molar-refractivity contribution in [2.24, 2.45) is 5.92 Å². The van der Waals surface area contributed by atoms with E-state index in [0.29, 0.717) is 49.1 Å². The average Bonchev–Trinajstić information content (AvgIpc) is 3.37. The van der Waals surface area contributed by atoms with Crippen LogP contribution in [0.5, 0.6) is 0 Å². The van der Waals surface area contributed by atoms with Gasteiger partial charge in [0.05, 0.1) is 12.1 Å². The molecule has 2 aromatic heterocycles. The molecule has 1 aliphatic heterocycles. The number of oxazole rings is 1. The number of amides is 2. The van der Waals surface area contributed by atoms with Gasteiger partial charge in [0.25, 0.3) is 0 Å². The third-order valence-corrected chi connectivity index (χ3v) is 5.00. The van der Waals surface area contributed by atoms with Gasteiger partial charge >= 0.3 is 0 Å². The van der Waals surface area contributed by atoms with Crippen LogP contribution >= 0.6 is 0 Å². The molecule has 29 heavy (non-hydrogen) atoms. The lowest BCUT2D eigenvalue weighted by Crippen LogP contribution is -2.42. The van der Waals surface area contributed by atoms with Crippen LogP contribution in [-0.2, 0) is 16.0 Å². The predicted molar refractivity (Wildman–Crippen MR) is 105 cm³/mol. The third-order valence-electron chi connectivity index (χ3n) is 5.00. The van der Waals surface area contributed by atoms with Crippen molar-refractivity contribution >= 4 is 17.6 Å². The quantitative estimate of drug-likeness (QED) is 0.714. The Kier molecular flexibility index (Phi) is 5.41. The molecular weight excluding hydrogens is 372 g/mol. The van der Waals surface area contributed by atoms with Gasteiger partial charge in [0.2, 0.25) is 17.7 Å². The summed E-state index contributed by atoms with van der Waals surface area (Å²) >= 11 is 0. The van der Waals surface area contributed by atoms with E-state index in [0.717, 1.165) is 5.56 Å². The summed E-state index contributed by atoms with van der Waals surface area (Å²) < 4.78 is 10.5. The molecule has 2 amide bonds. The van der Waals surface area contributed by atoms with E-state index in [-0.39, 0.29) is 24.2 Å². The van der Waals surface area contributed by atoms with E-state index in [2.05, 4.69) is 15.5 Å². The molecule has 0 bridgehead atoms. The molecule has 1 aliphatic rings. The van der Waals surface area contributed by atoms with Crippen LogP contribution in [0.1, 0.15) is 24.3 Å². The van der Waals surface area contributed by atoms with Crippen LogP contribution in [0, 0.1) is 12.8 Å². The van der Waals surface area contributed by atoms with Crippen molar-refractivity contribution < 1.29 is 18.5 Å². The minimum Gasteiger partial charge on any atom is -0.444 e. The molecule has 0 saturated carbocycles. The molecule has 1 aromatic carbocycles. The molecule has 3 heterocycles. The van der Waals surface area contributed by atoms with Crippen LogP contribution in [0.4, 0.5) is 5.82 Å². The van der Waals surface area contributed by atoms with E-state index in [1.54, 1.807) is 17.9 Å². The predicted octanol–water partition coefficient (Wildman–Crippen LogP) is 3.06. The number of piperidine rings is 1. The summed E-state index contributed by atoms with van der Waals surface area (Å²) in [5.74, 6) is 1.33. The molecule has 0 atom stereocenters. The highest BCUT2D eigenvalue weighted by Crippen LogP contribution is 2.22. The standard InChI is InChI=1S/C21H22N4O4/c1-14-11-18(24-29-14)23-20(27)15-7-9-25(10-8-15)19(26)12-17-13-28-21(22-17)16-5-3-2-4-6-16/h2-6,11,13,15H,7-10,12H2,1H3,(H,23,24,27). The monoisotopic (exact) mass is 394 g/mol. The fourth-order valence-electron chi connectivity index (χ4n) is 3.41. The Hall–Kier alpha value is -3.42. The maximum atomic E-state index is 12.6. The molecule has 8 nitrogen and oxygen atoms in total. The smallest absolute Gasteiger partial charge is 0.228 e. The van der Waals surface area contributed by atoms with Gasteiger partial charge in [0.15, 0.2) is 5.82 Å². The number of aromatic nitrogens is 2. The molecule has 0 aliphatic carbocycles. The molecule has 150 valence electrons. The normalized spacial score (nSPS) is 14.7. The van der Waals surface area contributed by atoms with Crippen molar-refractivity contribution in [3.05, 3.63) is 54.1 Å². The molecular formula is C21H22N4O4. The Morgan fingerprint density at radius 1 is 1.21 bits per heavy atom. The van der Waals surface area contributed by atoms with Crippen LogP contribution in [0.25, 0.3) is 11.5 Å². The zero-order valence-electron chi connectivity index (χ0n) is 16.1. The fourth-order valence-corrected chi connectivity index (χ4v) is 3.41. The Labute approximate surface area is 167 Å². The van der Waals surface area contributed by atoms with Gasteiger partial charge in [-0.15, -0.1) is 0 Å². The van der Waals surface area contributed by atoms with Gasteiger partial charge in [-0.05, 0) is 31.9 Å². The first kappa shape index (κ1) is 18.9. The van der Waals surface area contributed by atoms with Gasteiger partial charge in [-0.3, -0.25) is 9.59 Å². The number of aryl methyl sites for hydroxylation is 1. The van der Waals surface area contributed by atoms with Gasteiger partial charge in [-0.25, -0.2) is 4.98 Å². The van der Waals surface area contributed by atoms with Crippen molar-refractivity contribution in [2.75, 3.05) is 18.4 Å². The summed E-state index contributed by atoms with van der Waals surface area (Å²) in [6.45, 7) is 2.85. The Balaban J connectivity index is 1.28. The van der Waals surface area contributed by atoms with Gasteiger partial charge in [0, 0.05) is 30.6 Å². The van der Waals surface area contributed by atoms with Crippen molar-refractivity contribution in [1.29, 1.82) is 0 Å². The van der Waals surface area contributed by atoms with Crippen LogP contribution in [0.15, 0.2) is 51.6 Å². The number of likely N-dealkylation sites (tertiary alicyclic amines) is 1. The summed E-state index contributed by atoms with van der Waals surface area (Å²) in [5, 5.41) is 6.54. The highest BCUT2D eigenvalue weighted by atomic mass is 16.5. The largest absolute Gasteiger partial charge is 0.444 e. The van der Waals surface area contributed by atoms with Crippen LogP contribution in [0.2, 0.25) is 0 Å². The van der Waals surface area contributed by atoms with Gasteiger partial charge in [0.1, 0.15) is 12.0 Å². The first-order valence-electron chi connectivity index (χ1n) is 9.60. The zero-order chi connectivity index (χ0) is 20.2. The fraction of sp³-hybridized carbons (Fsp3) is 0.333. The summed E-state index contributed by atoms with van der Waals surface area (Å²) in [6, 6.07) is 11.2. The van der Waals surface area contributed by atoms with Gasteiger partial charge in [-0.2, -0.15) is 0 Å². The maximum absolute atomic E-state index is 12.6. The number of anilines is 1. The first-order chi connectivity index (χ1) is 14.1. The lowest BCUT2D eigenvalue weighted by atomic mass is 9.95. The number of rotatable bonds is 5. The topological polar surface area (TPSA) is 101 Å². The maximum Gasteiger partial charge on any atom is 0.228 e. The molecule has 0 unspecified atom stereocenters. The van der Waals surface area contributed by atoms with Crippen molar-refractivity contribution in [3.63, 3.8) is 0 Å². The molecule has 1 saturated heterocycles. The molecule has 3 aromatic rings. The second-order valence-corrected chi connectivity index (χ2v) is 7.15. The molecule has 1 N–H and O–H groups in total. The Bertz CT molecular complexity index is 987. The summed E-state index contributed by atoms with van der Waals surface area (Å²) in [7, 11) is 0. The number of hydrogen-bond acceptors (Lipinski definition) is 6. The highest BCUT2D eigenvalue weighted by molar-refractivity contribution is 5.91. The molecule has 4 rings (SSSR count). The van der Waals surface area contributed by atoms with Crippen molar-refractivity contribution in [2.45, 2.75) is 26.2 Å². The number of nitrogens with one attached hydrogen (secondary N) is 1. The lowest BCUT2D eigenvalue weighted by Gasteiger charge is -2.31. The van der Waals surface area contributed by atoms with E-state index >= 15 is 0 Å².